The summed E-state index contributed by atoms with van der Waals surface area (Å²) in [5.41, 5.74) is 2.74. The predicted molar refractivity (Wildman–Crippen MR) is 110 cm³/mol. The van der Waals surface area contributed by atoms with E-state index in [9.17, 15) is 8.78 Å². The van der Waals surface area contributed by atoms with Crippen molar-refractivity contribution in [1.82, 2.24) is 5.32 Å². The third-order valence-electron chi connectivity index (χ3n) is 5.14. The second-order valence-corrected chi connectivity index (χ2v) is 7.10. The largest absolute Gasteiger partial charge is 0.497 e. The molecule has 0 spiro atoms. The number of nitrogens with zero attached hydrogens (tertiary/aromatic N) is 1. The fourth-order valence-corrected chi connectivity index (χ4v) is 3.65. The Bertz CT molecular complexity index is 1020. The Morgan fingerprint density at radius 2 is 1.52 bits per heavy atom. The average Bonchev–Trinajstić information content (AvgIpc) is 3.17. The summed E-state index contributed by atoms with van der Waals surface area (Å²) in [6.07, 6.45) is 1.52. The van der Waals surface area contributed by atoms with E-state index in [4.69, 9.17) is 9.73 Å². The molecule has 5 heteroatoms. The van der Waals surface area contributed by atoms with Crippen LogP contribution in [0.25, 0.3) is 0 Å². The van der Waals surface area contributed by atoms with E-state index >= 15 is 0 Å². The lowest BCUT2D eigenvalue weighted by Crippen LogP contribution is -2.24. The Labute approximate surface area is 169 Å². The topological polar surface area (TPSA) is 33.6 Å². The number of hydrogen-bond acceptors (Lipinski definition) is 3. The molecule has 3 aromatic carbocycles. The van der Waals surface area contributed by atoms with Gasteiger partial charge in [0.2, 0.25) is 0 Å². The van der Waals surface area contributed by atoms with Crippen LogP contribution in [0.3, 0.4) is 0 Å². The number of amidine groups is 1. The van der Waals surface area contributed by atoms with Crippen LogP contribution in [0.15, 0.2) is 77.8 Å². The van der Waals surface area contributed by atoms with Crippen LogP contribution in [0.1, 0.15) is 35.2 Å². The summed E-state index contributed by atoms with van der Waals surface area (Å²) in [6, 6.07) is 20.3. The van der Waals surface area contributed by atoms with Gasteiger partial charge in [0.15, 0.2) is 0 Å². The molecule has 0 fully saturated rings. The third kappa shape index (κ3) is 4.45. The van der Waals surface area contributed by atoms with Crippen molar-refractivity contribution in [1.29, 1.82) is 0 Å². The van der Waals surface area contributed by atoms with Crippen molar-refractivity contribution in [2.24, 2.45) is 4.99 Å². The highest BCUT2D eigenvalue weighted by molar-refractivity contribution is 5.85. The summed E-state index contributed by atoms with van der Waals surface area (Å²) in [4.78, 5) is 4.83. The van der Waals surface area contributed by atoms with Gasteiger partial charge in [-0.05, 0) is 59.5 Å². The maximum absolute atomic E-state index is 13.8. The average molecular weight is 392 g/mol. The Morgan fingerprint density at radius 1 is 0.862 bits per heavy atom. The van der Waals surface area contributed by atoms with E-state index in [1.165, 1.54) is 29.8 Å². The second-order valence-electron chi connectivity index (χ2n) is 7.10. The zero-order valence-corrected chi connectivity index (χ0v) is 16.1. The van der Waals surface area contributed by atoms with Crippen LogP contribution in [0.4, 0.5) is 8.78 Å². The van der Waals surface area contributed by atoms with Gasteiger partial charge in [0.25, 0.3) is 0 Å². The van der Waals surface area contributed by atoms with Crippen LogP contribution in [-0.2, 0) is 6.42 Å². The Kier molecular flexibility index (Phi) is 5.56. The molecule has 4 rings (SSSR count). The number of aryl methyl sites for hydroxylation is 1. The molecule has 1 aliphatic rings. The number of hydrogen-bond donors (Lipinski definition) is 1. The van der Waals surface area contributed by atoms with E-state index in [0.717, 1.165) is 29.1 Å². The van der Waals surface area contributed by atoms with Gasteiger partial charge in [-0.2, -0.15) is 0 Å². The first-order chi connectivity index (χ1) is 14.1. The van der Waals surface area contributed by atoms with Crippen LogP contribution in [0, 0.1) is 11.6 Å². The summed E-state index contributed by atoms with van der Waals surface area (Å²) in [5, 5.41) is 3.43. The van der Waals surface area contributed by atoms with Crippen molar-refractivity contribution in [2.45, 2.75) is 24.9 Å². The zero-order valence-electron chi connectivity index (χ0n) is 16.1. The number of benzene rings is 3. The standard InChI is InChI=1S/C24H22F2N2O/c1-29-21-11-8-16(9-12-21)10-13-22-27-23(17-4-2-6-19(25)14-17)24(28-22)18-5-3-7-20(26)15-18/h2-9,11-12,14-15,23-24H,10,13H2,1H3,(H,27,28). The van der Waals surface area contributed by atoms with E-state index in [1.807, 2.05) is 36.4 Å². The smallest absolute Gasteiger partial charge is 0.123 e. The van der Waals surface area contributed by atoms with Crippen LogP contribution < -0.4 is 10.1 Å². The molecule has 0 radical (unpaired) electrons. The molecule has 0 saturated carbocycles. The Morgan fingerprint density at radius 3 is 2.17 bits per heavy atom. The lowest BCUT2D eigenvalue weighted by Gasteiger charge is -2.20. The molecule has 1 heterocycles. The molecule has 0 aliphatic carbocycles. The van der Waals surface area contributed by atoms with Crippen LogP contribution in [0.5, 0.6) is 5.75 Å². The second kappa shape index (κ2) is 8.43. The van der Waals surface area contributed by atoms with Crippen LogP contribution in [-0.4, -0.2) is 12.9 Å². The molecule has 2 unspecified atom stereocenters. The summed E-state index contributed by atoms with van der Waals surface area (Å²) >= 11 is 0. The fraction of sp³-hybridized carbons (Fsp3) is 0.208. The SMILES string of the molecule is COc1ccc(CCC2=NC(c3cccc(F)c3)C(c3cccc(F)c3)N2)cc1. The quantitative estimate of drug-likeness (QED) is 0.610. The van der Waals surface area contributed by atoms with E-state index in [2.05, 4.69) is 5.32 Å². The van der Waals surface area contributed by atoms with Crippen molar-refractivity contribution in [2.75, 3.05) is 7.11 Å². The van der Waals surface area contributed by atoms with E-state index in [-0.39, 0.29) is 23.7 Å². The molecule has 3 aromatic rings. The molecule has 0 bridgehead atoms. The number of methoxy groups -OCH3 is 1. The minimum atomic E-state index is -0.307. The molecule has 0 aromatic heterocycles. The molecule has 3 nitrogen and oxygen atoms in total. The molecule has 29 heavy (non-hydrogen) atoms. The highest BCUT2D eigenvalue weighted by atomic mass is 19.1. The molecular weight excluding hydrogens is 370 g/mol. The van der Waals surface area contributed by atoms with Crippen molar-refractivity contribution in [3.8, 4) is 5.75 Å². The number of nitrogens with one attached hydrogen (secondary N) is 1. The Balaban J connectivity index is 1.56. The molecule has 1 aliphatic heterocycles. The first-order valence-corrected chi connectivity index (χ1v) is 9.59. The summed E-state index contributed by atoms with van der Waals surface area (Å²) in [7, 11) is 1.64. The van der Waals surface area contributed by atoms with Crippen molar-refractivity contribution >= 4 is 5.84 Å². The molecule has 148 valence electrons. The molecule has 0 amide bonds. The van der Waals surface area contributed by atoms with E-state index in [0.29, 0.717) is 6.42 Å². The van der Waals surface area contributed by atoms with Crippen LogP contribution in [0.2, 0.25) is 0 Å². The van der Waals surface area contributed by atoms with Crippen molar-refractivity contribution in [3.63, 3.8) is 0 Å². The summed E-state index contributed by atoms with van der Waals surface area (Å²) in [6.45, 7) is 0. The van der Waals surface area contributed by atoms with Gasteiger partial charge < -0.3 is 10.1 Å². The van der Waals surface area contributed by atoms with E-state index in [1.54, 1.807) is 19.2 Å². The fourth-order valence-electron chi connectivity index (χ4n) is 3.65. The van der Waals surface area contributed by atoms with Gasteiger partial charge in [-0.1, -0.05) is 36.4 Å². The Hall–Kier alpha value is -3.21. The highest BCUT2D eigenvalue weighted by Gasteiger charge is 2.31. The van der Waals surface area contributed by atoms with Gasteiger partial charge >= 0.3 is 0 Å². The van der Waals surface area contributed by atoms with Gasteiger partial charge in [-0.3, -0.25) is 4.99 Å². The van der Waals surface area contributed by atoms with E-state index < -0.39 is 0 Å². The molecule has 0 saturated heterocycles. The summed E-state index contributed by atoms with van der Waals surface area (Å²) in [5.74, 6) is 1.06. The predicted octanol–water partition coefficient (Wildman–Crippen LogP) is 5.39. The number of aliphatic imine (C=N–C) groups is 1. The normalized spacial score (nSPS) is 18.2. The number of ether oxygens (including phenoxy) is 1. The minimum absolute atomic E-state index is 0.238. The lowest BCUT2D eigenvalue weighted by atomic mass is 9.95. The van der Waals surface area contributed by atoms with Gasteiger partial charge in [0, 0.05) is 6.42 Å². The van der Waals surface area contributed by atoms with Crippen molar-refractivity contribution in [3.05, 3.63) is 101 Å². The lowest BCUT2D eigenvalue weighted by molar-refractivity contribution is 0.414. The number of halogens is 2. The molecule has 2 atom stereocenters. The highest BCUT2D eigenvalue weighted by Crippen LogP contribution is 2.37. The zero-order chi connectivity index (χ0) is 20.2. The van der Waals surface area contributed by atoms with Gasteiger partial charge in [-0.25, -0.2) is 8.78 Å². The first-order valence-electron chi connectivity index (χ1n) is 9.59. The maximum Gasteiger partial charge on any atom is 0.123 e. The third-order valence-corrected chi connectivity index (χ3v) is 5.14. The van der Waals surface area contributed by atoms with Crippen LogP contribution >= 0.6 is 0 Å². The number of rotatable bonds is 6. The first kappa shape index (κ1) is 19.1. The summed E-state index contributed by atoms with van der Waals surface area (Å²) < 4.78 is 32.8. The molecule has 1 N–H and O–H groups in total. The van der Waals surface area contributed by atoms with Gasteiger partial charge in [0.1, 0.15) is 23.4 Å². The van der Waals surface area contributed by atoms with Crippen molar-refractivity contribution < 1.29 is 13.5 Å². The minimum Gasteiger partial charge on any atom is -0.497 e. The monoisotopic (exact) mass is 392 g/mol. The maximum atomic E-state index is 13.8. The van der Waals surface area contributed by atoms with Gasteiger partial charge in [-0.15, -0.1) is 0 Å². The molecular formula is C24H22F2N2O. The van der Waals surface area contributed by atoms with Gasteiger partial charge in [0.05, 0.1) is 19.0 Å².